The van der Waals surface area contributed by atoms with Crippen LogP contribution in [0.2, 0.25) is 0 Å². The van der Waals surface area contributed by atoms with Crippen LogP contribution >= 0.6 is 23.5 Å². The van der Waals surface area contributed by atoms with Crippen molar-refractivity contribution in [3.63, 3.8) is 0 Å². The van der Waals surface area contributed by atoms with Crippen LogP contribution in [0.4, 0.5) is 0 Å². The summed E-state index contributed by atoms with van der Waals surface area (Å²) in [5.74, 6) is 3.98. The Bertz CT molecular complexity index is 454. The molecule has 0 spiro atoms. The van der Waals surface area contributed by atoms with E-state index in [1.54, 1.807) is 5.57 Å². The number of carbonyl (C=O) groups excluding carboxylic acids is 1. The fourth-order valence-corrected chi connectivity index (χ4v) is 8.56. The van der Waals surface area contributed by atoms with E-state index in [9.17, 15) is 4.79 Å². The zero-order valence-corrected chi connectivity index (χ0v) is 15.9. The number of carbonyl (C=O) groups is 1. The van der Waals surface area contributed by atoms with E-state index in [-0.39, 0.29) is 5.41 Å². The number of rotatable bonds is 3. The monoisotopic (exact) mass is 338 g/mol. The molecule has 4 atom stereocenters. The smallest absolute Gasteiger partial charge is 0.120 e. The first-order chi connectivity index (χ1) is 10.5. The van der Waals surface area contributed by atoms with Crippen LogP contribution in [0.5, 0.6) is 0 Å². The average Bonchev–Trinajstić information content (AvgIpc) is 2.52. The first-order valence-corrected chi connectivity index (χ1v) is 11.0. The van der Waals surface area contributed by atoms with Gasteiger partial charge in [-0.15, -0.1) is 23.5 Å². The van der Waals surface area contributed by atoms with Crippen molar-refractivity contribution in [1.29, 1.82) is 0 Å². The molecular weight excluding hydrogens is 308 g/mol. The molecule has 1 aliphatic heterocycles. The van der Waals surface area contributed by atoms with Crippen molar-refractivity contribution >= 4 is 29.8 Å². The van der Waals surface area contributed by atoms with E-state index < -0.39 is 0 Å². The van der Waals surface area contributed by atoms with Crippen LogP contribution in [0, 0.1) is 22.7 Å². The Kier molecular flexibility index (Phi) is 5.04. The zero-order chi connectivity index (χ0) is 15.8. The summed E-state index contributed by atoms with van der Waals surface area (Å²) >= 11 is 4.33. The summed E-state index contributed by atoms with van der Waals surface area (Å²) < 4.78 is 0.676. The highest BCUT2D eigenvalue weighted by Gasteiger charge is 2.54. The maximum atomic E-state index is 11.4. The third-order valence-corrected chi connectivity index (χ3v) is 9.85. The van der Waals surface area contributed by atoms with E-state index in [0.717, 1.165) is 6.42 Å². The first-order valence-electron chi connectivity index (χ1n) is 8.90. The molecule has 0 bridgehead atoms. The molecule has 0 amide bonds. The number of thioether (sulfide) groups is 2. The Morgan fingerprint density at radius 2 is 2.00 bits per heavy atom. The minimum atomic E-state index is 0.193. The van der Waals surface area contributed by atoms with Gasteiger partial charge in [-0.2, -0.15) is 0 Å². The fraction of sp³-hybridized carbons (Fsp3) is 0.842. The number of aldehydes is 1. The normalized spacial score (nSPS) is 43.3. The van der Waals surface area contributed by atoms with E-state index in [4.69, 9.17) is 0 Å². The van der Waals surface area contributed by atoms with E-state index in [0.29, 0.717) is 21.8 Å². The molecule has 1 saturated carbocycles. The van der Waals surface area contributed by atoms with Gasteiger partial charge in [-0.3, -0.25) is 0 Å². The van der Waals surface area contributed by atoms with Gasteiger partial charge >= 0.3 is 0 Å². The molecule has 0 unspecified atom stereocenters. The first kappa shape index (κ1) is 17.0. The highest BCUT2D eigenvalue weighted by atomic mass is 32.2. The van der Waals surface area contributed by atoms with E-state index in [1.165, 1.54) is 49.9 Å². The van der Waals surface area contributed by atoms with E-state index in [2.05, 4.69) is 50.4 Å². The minimum Gasteiger partial charge on any atom is -0.303 e. The molecule has 0 radical (unpaired) electrons. The summed E-state index contributed by atoms with van der Waals surface area (Å²) in [6.45, 7) is 7.30. The Morgan fingerprint density at radius 1 is 1.27 bits per heavy atom. The van der Waals surface area contributed by atoms with Crippen molar-refractivity contribution in [2.24, 2.45) is 22.7 Å². The Labute approximate surface area is 144 Å². The molecule has 0 N–H and O–H groups in total. The maximum Gasteiger partial charge on any atom is 0.120 e. The van der Waals surface area contributed by atoms with Crippen molar-refractivity contribution in [1.82, 2.24) is 0 Å². The summed E-state index contributed by atoms with van der Waals surface area (Å²) in [5, 5.41) is 0. The molecule has 1 nitrogen and oxygen atoms in total. The van der Waals surface area contributed by atoms with Crippen LogP contribution in [-0.4, -0.2) is 22.4 Å². The van der Waals surface area contributed by atoms with Crippen molar-refractivity contribution in [2.75, 3.05) is 11.5 Å². The van der Waals surface area contributed by atoms with E-state index >= 15 is 0 Å². The van der Waals surface area contributed by atoms with Gasteiger partial charge in [0.25, 0.3) is 0 Å². The summed E-state index contributed by atoms with van der Waals surface area (Å²) in [6.07, 6.45) is 10.9. The molecule has 22 heavy (non-hydrogen) atoms. The molecule has 0 aromatic heterocycles. The molecule has 0 aromatic rings. The molecule has 124 valence electrons. The van der Waals surface area contributed by atoms with E-state index in [1.807, 2.05) is 0 Å². The lowest BCUT2D eigenvalue weighted by molar-refractivity contribution is -0.115. The molecular formula is C19H30OS2. The van der Waals surface area contributed by atoms with Gasteiger partial charge in [-0.05, 0) is 71.8 Å². The average molecular weight is 339 g/mol. The Morgan fingerprint density at radius 3 is 2.68 bits per heavy atom. The third-order valence-electron chi connectivity index (χ3n) is 6.87. The largest absolute Gasteiger partial charge is 0.303 e. The summed E-state index contributed by atoms with van der Waals surface area (Å²) in [4.78, 5) is 11.4. The van der Waals surface area contributed by atoms with Gasteiger partial charge in [0.2, 0.25) is 0 Å². The second-order valence-corrected chi connectivity index (χ2v) is 10.7. The van der Waals surface area contributed by atoms with Crippen LogP contribution in [-0.2, 0) is 4.79 Å². The van der Waals surface area contributed by atoms with Gasteiger partial charge < -0.3 is 4.79 Å². The van der Waals surface area contributed by atoms with Gasteiger partial charge in [-0.25, -0.2) is 0 Å². The lowest BCUT2D eigenvalue weighted by Crippen LogP contribution is -2.51. The molecule has 2 aliphatic carbocycles. The number of hydrogen-bond donors (Lipinski definition) is 0. The van der Waals surface area contributed by atoms with Crippen molar-refractivity contribution in [3.8, 4) is 0 Å². The minimum absolute atomic E-state index is 0.193. The quantitative estimate of drug-likeness (QED) is 0.496. The van der Waals surface area contributed by atoms with Gasteiger partial charge in [0, 0.05) is 6.42 Å². The number of allylic oxidation sites excluding steroid dienone is 1. The Balaban J connectivity index is 1.93. The lowest BCUT2D eigenvalue weighted by atomic mass is 9.47. The second kappa shape index (κ2) is 6.55. The highest BCUT2D eigenvalue weighted by Crippen LogP contribution is 2.63. The molecule has 3 aliphatic rings. The maximum absolute atomic E-state index is 11.4. The van der Waals surface area contributed by atoms with Gasteiger partial charge in [0.1, 0.15) is 6.29 Å². The van der Waals surface area contributed by atoms with Crippen LogP contribution in [0.15, 0.2) is 11.6 Å². The third kappa shape index (κ3) is 2.70. The SMILES string of the molecule is C[C@@H]1CC[C@]2(C)C(C3SCCCS3)=CCC[C@H]2[C@]1(C)CC=O. The summed E-state index contributed by atoms with van der Waals surface area (Å²) in [5.41, 5.74) is 2.24. The van der Waals surface area contributed by atoms with Gasteiger partial charge in [0.15, 0.2) is 0 Å². The van der Waals surface area contributed by atoms with Gasteiger partial charge in [-0.1, -0.05) is 26.8 Å². The van der Waals surface area contributed by atoms with Crippen molar-refractivity contribution < 1.29 is 4.79 Å². The molecule has 1 heterocycles. The van der Waals surface area contributed by atoms with Crippen LogP contribution < -0.4 is 0 Å². The summed E-state index contributed by atoms with van der Waals surface area (Å²) in [7, 11) is 0. The van der Waals surface area contributed by atoms with Crippen LogP contribution in [0.1, 0.15) is 59.3 Å². The number of hydrogen-bond acceptors (Lipinski definition) is 3. The van der Waals surface area contributed by atoms with Crippen molar-refractivity contribution in [2.45, 2.75) is 63.9 Å². The molecule has 2 fully saturated rings. The number of fused-ring (bicyclic) bond motifs is 1. The van der Waals surface area contributed by atoms with Crippen molar-refractivity contribution in [3.05, 3.63) is 11.6 Å². The predicted octanol–water partition coefficient (Wildman–Crippen LogP) is 5.55. The standard InChI is InChI=1S/C19H30OS2/c1-14-8-9-19(3)15(17-21-12-5-13-22-17)6-4-7-16(19)18(14,2)10-11-20/h6,11,14,16-17H,4-5,7-10,12-13H2,1-3H3/t14-,16+,18-,19-/m1/s1. The summed E-state index contributed by atoms with van der Waals surface area (Å²) in [6, 6.07) is 0. The fourth-order valence-electron chi connectivity index (χ4n) is 5.28. The highest BCUT2D eigenvalue weighted by molar-refractivity contribution is 8.17. The molecule has 3 rings (SSSR count). The van der Waals surface area contributed by atoms with Crippen LogP contribution in [0.25, 0.3) is 0 Å². The molecule has 3 heteroatoms. The second-order valence-electron chi connectivity index (χ2n) is 7.95. The topological polar surface area (TPSA) is 17.1 Å². The van der Waals surface area contributed by atoms with Gasteiger partial charge in [0.05, 0.1) is 4.58 Å². The predicted molar refractivity (Wildman–Crippen MR) is 99.4 cm³/mol. The Hall–Kier alpha value is 0.110. The lowest BCUT2D eigenvalue weighted by Gasteiger charge is -2.58. The zero-order valence-electron chi connectivity index (χ0n) is 14.3. The molecule has 1 saturated heterocycles. The molecule has 0 aromatic carbocycles. The van der Waals surface area contributed by atoms with Crippen LogP contribution in [0.3, 0.4) is 0 Å².